The Labute approximate surface area is 152 Å². The van der Waals surface area contributed by atoms with E-state index in [4.69, 9.17) is 4.74 Å². The van der Waals surface area contributed by atoms with Gasteiger partial charge in [-0.3, -0.25) is 14.2 Å². The molecule has 0 saturated carbocycles. The van der Waals surface area contributed by atoms with E-state index >= 15 is 0 Å². The third-order valence-corrected chi connectivity index (χ3v) is 4.28. The highest BCUT2D eigenvalue weighted by molar-refractivity contribution is 6.03. The van der Waals surface area contributed by atoms with Crippen LogP contribution in [0.2, 0.25) is 0 Å². The lowest BCUT2D eigenvalue weighted by atomic mass is 10.2. The maximum Gasteiger partial charge on any atom is 0.276 e. The topological polar surface area (TPSA) is 74.0 Å². The minimum absolute atomic E-state index is 0.232. The molecule has 0 radical (unpaired) electrons. The summed E-state index contributed by atoms with van der Waals surface area (Å²) in [4.78, 5) is 12.5. The lowest BCUT2D eigenvalue weighted by Crippen LogP contribution is -2.14. The Morgan fingerprint density at radius 1 is 1.23 bits per heavy atom. The minimum Gasteiger partial charge on any atom is -0.497 e. The molecule has 7 heteroatoms. The van der Waals surface area contributed by atoms with Crippen LogP contribution in [0.4, 0.5) is 5.69 Å². The van der Waals surface area contributed by atoms with Gasteiger partial charge in [-0.25, -0.2) is 0 Å². The first kappa shape index (κ1) is 17.7. The minimum atomic E-state index is -0.232. The highest BCUT2D eigenvalue weighted by atomic mass is 16.5. The third kappa shape index (κ3) is 3.61. The standard InChI is InChI=1S/C19H23N5O2/c1-5-23-10-9-17(22-23)19(25)20-18-13(2)21-24(14(18)3)12-15-7-6-8-16(11-15)26-4/h6-11H,5,12H2,1-4H3,(H,20,25). The van der Waals surface area contributed by atoms with Crippen LogP contribution >= 0.6 is 0 Å². The molecule has 0 aliphatic heterocycles. The van der Waals surface area contributed by atoms with Crippen molar-refractivity contribution in [1.29, 1.82) is 0 Å². The van der Waals surface area contributed by atoms with Gasteiger partial charge >= 0.3 is 0 Å². The van der Waals surface area contributed by atoms with Crippen LogP contribution < -0.4 is 10.1 Å². The number of anilines is 1. The summed E-state index contributed by atoms with van der Waals surface area (Å²) in [6, 6.07) is 9.57. The van der Waals surface area contributed by atoms with Crippen LogP contribution in [0.15, 0.2) is 36.5 Å². The van der Waals surface area contributed by atoms with Gasteiger partial charge in [0.15, 0.2) is 5.69 Å². The predicted octanol–water partition coefficient (Wildman–Crippen LogP) is 3.03. The number of ether oxygens (including phenoxy) is 1. The van der Waals surface area contributed by atoms with Crippen molar-refractivity contribution in [2.75, 3.05) is 12.4 Å². The fraction of sp³-hybridized carbons (Fsp3) is 0.316. The third-order valence-electron chi connectivity index (χ3n) is 4.28. The number of rotatable bonds is 6. The summed E-state index contributed by atoms with van der Waals surface area (Å²) in [5.74, 6) is 0.577. The molecule has 0 aliphatic carbocycles. The van der Waals surface area contributed by atoms with E-state index in [0.717, 1.165) is 34.9 Å². The fourth-order valence-corrected chi connectivity index (χ4v) is 2.81. The average molecular weight is 353 g/mol. The second-order valence-electron chi connectivity index (χ2n) is 6.07. The number of methoxy groups -OCH3 is 1. The molecule has 7 nitrogen and oxygen atoms in total. The number of nitrogens with zero attached hydrogens (tertiary/aromatic N) is 4. The molecule has 0 saturated heterocycles. The maximum absolute atomic E-state index is 12.5. The van der Waals surface area contributed by atoms with Gasteiger partial charge < -0.3 is 10.1 Å². The number of amides is 1. The van der Waals surface area contributed by atoms with E-state index in [2.05, 4.69) is 15.5 Å². The smallest absolute Gasteiger partial charge is 0.276 e. The molecule has 0 aliphatic rings. The van der Waals surface area contributed by atoms with Crippen LogP contribution in [0.3, 0.4) is 0 Å². The molecule has 136 valence electrons. The van der Waals surface area contributed by atoms with Gasteiger partial charge in [0.2, 0.25) is 0 Å². The largest absolute Gasteiger partial charge is 0.497 e. The summed E-state index contributed by atoms with van der Waals surface area (Å²) in [5.41, 5.74) is 3.87. The molecule has 0 unspecified atom stereocenters. The Balaban J connectivity index is 1.80. The number of carbonyl (C=O) groups excluding carboxylic acids is 1. The van der Waals surface area contributed by atoms with Crippen molar-refractivity contribution in [3.63, 3.8) is 0 Å². The first-order valence-electron chi connectivity index (χ1n) is 8.53. The van der Waals surface area contributed by atoms with E-state index < -0.39 is 0 Å². The van der Waals surface area contributed by atoms with E-state index in [1.165, 1.54) is 0 Å². The van der Waals surface area contributed by atoms with Crippen molar-refractivity contribution in [3.8, 4) is 5.75 Å². The number of nitrogens with one attached hydrogen (secondary N) is 1. The molecule has 26 heavy (non-hydrogen) atoms. The van der Waals surface area contributed by atoms with Gasteiger partial charge in [0, 0.05) is 12.7 Å². The second kappa shape index (κ2) is 7.43. The molecular formula is C19H23N5O2. The maximum atomic E-state index is 12.5. The quantitative estimate of drug-likeness (QED) is 0.739. The van der Waals surface area contributed by atoms with Crippen LogP contribution in [0.5, 0.6) is 5.75 Å². The molecule has 0 fully saturated rings. The molecular weight excluding hydrogens is 330 g/mol. The van der Waals surface area contributed by atoms with Gasteiger partial charge in [-0.1, -0.05) is 12.1 Å². The Bertz CT molecular complexity index is 926. The van der Waals surface area contributed by atoms with Crippen molar-refractivity contribution >= 4 is 11.6 Å². The van der Waals surface area contributed by atoms with Crippen LogP contribution in [0.25, 0.3) is 0 Å². The number of hydrogen-bond acceptors (Lipinski definition) is 4. The second-order valence-corrected chi connectivity index (χ2v) is 6.07. The van der Waals surface area contributed by atoms with Gasteiger partial charge in [0.25, 0.3) is 5.91 Å². The molecule has 3 rings (SSSR count). The summed E-state index contributed by atoms with van der Waals surface area (Å²) >= 11 is 0. The van der Waals surface area contributed by atoms with Crippen molar-refractivity contribution in [2.45, 2.75) is 33.9 Å². The lowest BCUT2D eigenvalue weighted by Gasteiger charge is -2.08. The SMILES string of the molecule is CCn1ccc(C(=O)Nc2c(C)nn(Cc3cccc(OC)c3)c2C)n1. The number of aryl methyl sites for hydroxylation is 2. The Hall–Kier alpha value is -3.09. The zero-order chi connectivity index (χ0) is 18.7. The lowest BCUT2D eigenvalue weighted by molar-refractivity contribution is 0.102. The summed E-state index contributed by atoms with van der Waals surface area (Å²) in [5, 5.41) is 11.7. The van der Waals surface area contributed by atoms with E-state index in [0.29, 0.717) is 12.2 Å². The monoisotopic (exact) mass is 353 g/mol. The van der Waals surface area contributed by atoms with Gasteiger partial charge in [0.1, 0.15) is 5.75 Å². The molecule has 1 amide bonds. The van der Waals surface area contributed by atoms with E-state index in [-0.39, 0.29) is 5.91 Å². The molecule has 0 atom stereocenters. The Morgan fingerprint density at radius 3 is 2.73 bits per heavy atom. The number of hydrogen-bond donors (Lipinski definition) is 1. The van der Waals surface area contributed by atoms with Crippen molar-refractivity contribution in [1.82, 2.24) is 19.6 Å². The molecule has 1 aromatic carbocycles. The van der Waals surface area contributed by atoms with Gasteiger partial charge in [0.05, 0.1) is 30.7 Å². The molecule has 0 spiro atoms. The molecule has 2 aromatic heterocycles. The van der Waals surface area contributed by atoms with Gasteiger partial charge in [-0.2, -0.15) is 10.2 Å². The van der Waals surface area contributed by atoms with E-state index in [9.17, 15) is 4.79 Å². The summed E-state index contributed by atoms with van der Waals surface area (Å²) in [6.45, 7) is 7.13. The first-order chi connectivity index (χ1) is 12.5. The van der Waals surface area contributed by atoms with E-state index in [1.54, 1.807) is 24.1 Å². The predicted molar refractivity (Wildman–Crippen MR) is 99.7 cm³/mol. The highest BCUT2D eigenvalue weighted by Gasteiger charge is 2.17. The van der Waals surface area contributed by atoms with Crippen LogP contribution in [-0.2, 0) is 13.1 Å². The molecule has 0 bridgehead atoms. The fourth-order valence-electron chi connectivity index (χ4n) is 2.81. The molecule has 1 N–H and O–H groups in total. The summed E-state index contributed by atoms with van der Waals surface area (Å²) in [7, 11) is 1.65. The van der Waals surface area contributed by atoms with E-state index in [1.807, 2.05) is 49.7 Å². The number of aromatic nitrogens is 4. The van der Waals surface area contributed by atoms with Crippen LogP contribution in [-0.4, -0.2) is 32.6 Å². The van der Waals surface area contributed by atoms with Gasteiger partial charge in [-0.05, 0) is 44.5 Å². The van der Waals surface area contributed by atoms with Gasteiger partial charge in [-0.15, -0.1) is 0 Å². The van der Waals surface area contributed by atoms with Crippen LogP contribution in [0.1, 0.15) is 34.4 Å². The van der Waals surface area contributed by atoms with Crippen molar-refractivity contribution < 1.29 is 9.53 Å². The zero-order valence-electron chi connectivity index (χ0n) is 15.5. The number of benzene rings is 1. The molecule has 3 aromatic rings. The molecule has 2 heterocycles. The number of carbonyl (C=O) groups is 1. The first-order valence-corrected chi connectivity index (χ1v) is 8.53. The average Bonchev–Trinajstić information content (AvgIpc) is 3.23. The van der Waals surface area contributed by atoms with Crippen molar-refractivity contribution in [3.05, 3.63) is 59.2 Å². The normalized spacial score (nSPS) is 10.8. The van der Waals surface area contributed by atoms with Crippen LogP contribution in [0, 0.1) is 13.8 Å². The Kier molecular flexibility index (Phi) is 5.06. The summed E-state index contributed by atoms with van der Waals surface area (Å²) in [6.07, 6.45) is 1.79. The highest BCUT2D eigenvalue weighted by Crippen LogP contribution is 2.22. The Morgan fingerprint density at radius 2 is 2.04 bits per heavy atom. The van der Waals surface area contributed by atoms with Crippen molar-refractivity contribution in [2.24, 2.45) is 0 Å². The zero-order valence-corrected chi connectivity index (χ0v) is 15.5. The summed E-state index contributed by atoms with van der Waals surface area (Å²) < 4.78 is 8.87.